The van der Waals surface area contributed by atoms with Crippen molar-refractivity contribution in [3.63, 3.8) is 0 Å². The Kier molecular flexibility index (Phi) is 5.26. The Bertz CT molecular complexity index is 328. The van der Waals surface area contributed by atoms with Crippen LogP contribution >= 0.6 is 0 Å². The van der Waals surface area contributed by atoms with Gasteiger partial charge >= 0.3 is 0 Å². The zero-order valence-electron chi connectivity index (χ0n) is 10.7. The Labute approximate surface area is 98.5 Å². The van der Waals surface area contributed by atoms with Crippen LogP contribution in [0.15, 0.2) is 18.7 Å². The number of nitrogens with one attached hydrogen (secondary N) is 1. The summed E-state index contributed by atoms with van der Waals surface area (Å²) in [6, 6.07) is 2.68. The summed E-state index contributed by atoms with van der Waals surface area (Å²) in [6.07, 6.45) is 5.00. The molecule has 0 fully saturated rings. The molecule has 3 nitrogen and oxygen atoms in total. The molecule has 90 valence electrons. The van der Waals surface area contributed by atoms with E-state index in [1.165, 1.54) is 11.4 Å². The van der Waals surface area contributed by atoms with Crippen molar-refractivity contribution >= 4 is 0 Å². The molecule has 1 unspecified atom stereocenters. The van der Waals surface area contributed by atoms with Gasteiger partial charge in [0, 0.05) is 25.2 Å². The van der Waals surface area contributed by atoms with Crippen molar-refractivity contribution in [2.45, 2.75) is 39.2 Å². The maximum atomic E-state index is 4.47. The molecule has 0 aliphatic rings. The number of hydrogen-bond donors (Lipinski definition) is 1. The van der Waals surface area contributed by atoms with Crippen molar-refractivity contribution in [1.29, 1.82) is 0 Å². The minimum atomic E-state index is 0.475. The maximum Gasteiger partial charge on any atom is 0.0624 e. The van der Waals surface area contributed by atoms with Crippen LogP contribution in [0.2, 0.25) is 0 Å². The first-order valence-corrected chi connectivity index (χ1v) is 6.07. The van der Waals surface area contributed by atoms with Gasteiger partial charge in [0.1, 0.15) is 0 Å². The second kappa shape index (κ2) is 6.48. The van der Waals surface area contributed by atoms with E-state index >= 15 is 0 Å². The molecule has 16 heavy (non-hydrogen) atoms. The van der Waals surface area contributed by atoms with Crippen molar-refractivity contribution < 1.29 is 0 Å². The molecule has 0 saturated heterocycles. The van der Waals surface area contributed by atoms with E-state index in [2.05, 4.69) is 36.9 Å². The molecule has 1 heterocycles. The van der Waals surface area contributed by atoms with Crippen molar-refractivity contribution in [2.24, 2.45) is 7.05 Å². The number of aryl methyl sites for hydroxylation is 2. The lowest BCUT2D eigenvalue weighted by atomic mass is 10.1. The minimum absolute atomic E-state index is 0.475. The van der Waals surface area contributed by atoms with Crippen LogP contribution in [0.4, 0.5) is 0 Å². The van der Waals surface area contributed by atoms with Crippen LogP contribution in [-0.4, -0.2) is 22.4 Å². The molecule has 1 aromatic rings. The summed E-state index contributed by atoms with van der Waals surface area (Å²) < 4.78 is 1.99. The Morgan fingerprint density at radius 2 is 2.31 bits per heavy atom. The molecule has 0 saturated carbocycles. The van der Waals surface area contributed by atoms with Gasteiger partial charge in [-0.1, -0.05) is 19.9 Å². The summed E-state index contributed by atoms with van der Waals surface area (Å²) in [4.78, 5) is 0. The fourth-order valence-electron chi connectivity index (χ4n) is 1.92. The third-order valence-electron chi connectivity index (χ3n) is 2.79. The monoisotopic (exact) mass is 221 g/mol. The average Bonchev–Trinajstić information content (AvgIpc) is 2.60. The lowest BCUT2D eigenvalue weighted by Gasteiger charge is -2.15. The second-order valence-electron chi connectivity index (χ2n) is 4.09. The summed E-state index contributed by atoms with van der Waals surface area (Å²) in [5, 5.41) is 7.94. The molecule has 1 rings (SSSR count). The van der Waals surface area contributed by atoms with E-state index in [9.17, 15) is 0 Å². The van der Waals surface area contributed by atoms with Gasteiger partial charge in [-0.15, -0.1) is 6.58 Å². The zero-order valence-corrected chi connectivity index (χ0v) is 10.7. The third-order valence-corrected chi connectivity index (χ3v) is 2.79. The van der Waals surface area contributed by atoms with Gasteiger partial charge in [-0.2, -0.15) is 5.10 Å². The van der Waals surface area contributed by atoms with E-state index < -0.39 is 0 Å². The predicted octanol–water partition coefficient (Wildman–Crippen LogP) is 2.08. The Hall–Kier alpha value is -1.09. The van der Waals surface area contributed by atoms with Gasteiger partial charge in [0.25, 0.3) is 0 Å². The molecular weight excluding hydrogens is 198 g/mol. The van der Waals surface area contributed by atoms with Crippen LogP contribution in [0.3, 0.4) is 0 Å². The number of rotatable bonds is 7. The van der Waals surface area contributed by atoms with Gasteiger partial charge in [0.2, 0.25) is 0 Å². The van der Waals surface area contributed by atoms with Gasteiger partial charge in [-0.05, 0) is 25.5 Å². The SMILES string of the molecule is C=CCC(Cc1cc(CC)nn1C)NCC. The molecule has 0 bridgehead atoms. The molecule has 0 amide bonds. The van der Waals surface area contributed by atoms with Crippen LogP contribution in [0, 0.1) is 0 Å². The van der Waals surface area contributed by atoms with Crippen molar-refractivity contribution in [2.75, 3.05) is 6.54 Å². The molecular formula is C13H23N3. The highest BCUT2D eigenvalue weighted by Crippen LogP contribution is 2.09. The van der Waals surface area contributed by atoms with E-state index in [0.717, 1.165) is 25.8 Å². The van der Waals surface area contributed by atoms with Crippen LogP contribution in [-0.2, 0) is 19.9 Å². The van der Waals surface area contributed by atoms with E-state index in [-0.39, 0.29) is 0 Å². The number of likely N-dealkylation sites (N-methyl/N-ethyl adjacent to an activating group) is 1. The van der Waals surface area contributed by atoms with Gasteiger partial charge < -0.3 is 5.32 Å². The summed E-state index contributed by atoms with van der Waals surface area (Å²) in [6.45, 7) is 9.08. The van der Waals surface area contributed by atoms with Crippen LogP contribution in [0.5, 0.6) is 0 Å². The topological polar surface area (TPSA) is 29.9 Å². The number of hydrogen-bond acceptors (Lipinski definition) is 2. The Morgan fingerprint density at radius 1 is 1.56 bits per heavy atom. The molecule has 0 spiro atoms. The first-order chi connectivity index (χ1) is 7.71. The largest absolute Gasteiger partial charge is 0.314 e. The number of aromatic nitrogens is 2. The maximum absolute atomic E-state index is 4.47. The Morgan fingerprint density at radius 3 is 2.81 bits per heavy atom. The molecule has 0 radical (unpaired) electrons. The second-order valence-corrected chi connectivity index (χ2v) is 4.09. The first kappa shape index (κ1) is 13.0. The highest BCUT2D eigenvalue weighted by Gasteiger charge is 2.10. The van der Waals surface area contributed by atoms with Gasteiger partial charge in [0.15, 0.2) is 0 Å². The fraction of sp³-hybridized carbons (Fsp3) is 0.615. The molecule has 1 aromatic heterocycles. The minimum Gasteiger partial charge on any atom is -0.314 e. The quantitative estimate of drug-likeness (QED) is 0.714. The standard InChI is InChI=1S/C13H23N3/c1-5-8-12(14-7-3)10-13-9-11(6-2)15-16(13)4/h5,9,12,14H,1,6-8,10H2,2-4H3. The summed E-state index contributed by atoms with van der Waals surface area (Å²) in [7, 11) is 2.02. The summed E-state index contributed by atoms with van der Waals surface area (Å²) >= 11 is 0. The van der Waals surface area contributed by atoms with E-state index in [0.29, 0.717) is 6.04 Å². The number of nitrogens with zero attached hydrogens (tertiary/aromatic N) is 2. The van der Waals surface area contributed by atoms with Crippen LogP contribution in [0.1, 0.15) is 31.7 Å². The molecule has 0 aliphatic heterocycles. The first-order valence-electron chi connectivity index (χ1n) is 6.07. The highest BCUT2D eigenvalue weighted by molar-refractivity contribution is 5.11. The highest BCUT2D eigenvalue weighted by atomic mass is 15.3. The molecule has 1 atom stereocenters. The molecule has 0 aliphatic carbocycles. The van der Waals surface area contributed by atoms with E-state index in [1.54, 1.807) is 0 Å². The smallest absolute Gasteiger partial charge is 0.0624 e. The molecule has 0 aromatic carbocycles. The predicted molar refractivity (Wildman–Crippen MR) is 68.6 cm³/mol. The van der Waals surface area contributed by atoms with Gasteiger partial charge in [-0.3, -0.25) is 4.68 Å². The van der Waals surface area contributed by atoms with Crippen LogP contribution in [0.25, 0.3) is 0 Å². The van der Waals surface area contributed by atoms with Crippen molar-refractivity contribution in [3.8, 4) is 0 Å². The summed E-state index contributed by atoms with van der Waals surface area (Å²) in [5.41, 5.74) is 2.47. The van der Waals surface area contributed by atoms with Gasteiger partial charge in [0.05, 0.1) is 5.69 Å². The fourth-order valence-corrected chi connectivity index (χ4v) is 1.92. The Balaban J connectivity index is 2.67. The lowest BCUT2D eigenvalue weighted by Crippen LogP contribution is -2.31. The third kappa shape index (κ3) is 3.49. The van der Waals surface area contributed by atoms with Crippen molar-refractivity contribution in [1.82, 2.24) is 15.1 Å². The lowest BCUT2D eigenvalue weighted by molar-refractivity contribution is 0.511. The average molecular weight is 221 g/mol. The normalized spacial score (nSPS) is 12.7. The molecule has 1 N–H and O–H groups in total. The van der Waals surface area contributed by atoms with E-state index in [4.69, 9.17) is 0 Å². The summed E-state index contributed by atoms with van der Waals surface area (Å²) in [5.74, 6) is 0. The van der Waals surface area contributed by atoms with E-state index in [1.807, 2.05) is 17.8 Å². The van der Waals surface area contributed by atoms with Crippen molar-refractivity contribution in [3.05, 3.63) is 30.1 Å². The van der Waals surface area contributed by atoms with Gasteiger partial charge in [-0.25, -0.2) is 0 Å². The zero-order chi connectivity index (χ0) is 12.0. The molecule has 3 heteroatoms. The van der Waals surface area contributed by atoms with Crippen LogP contribution < -0.4 is 5.32 Å².